The van der Waals surface area contributed by atoms with Crippen LogP contribution in [0.4, 0.5) is 5.69 Å². The molecule has 1 aromatic carbocycles. The van der Waals surface area contributed by atoms with Crippen LogP contribution in [0, 0.1) is 0 Å². The van der Waals surface area contributed by atoms with E-state index in [2.05, 4.69) is 48.6 Å². The molecule has 0 aliphatic carbocycles. The van der Waals surface area contributed by atoms with Crippen LogP contribution in [0.3, 0.4) is 0 Å². The van der Waals surface area contributed by atoms with Crippen LogP contribution in [0.5, 0.6) is 0 Å². The second-order valence-corrected chi connectivity index (χ2v) is 6.21. The van der Waals surface area contributed by atoms with Gasteiger partial charge >= 0.3 is 0 Å². The Morgan fingerprint density at radius 1 is 1.26 bits per heavy atom. The molecular formula is C16H24N2O. The largest absolute Gasteiger partial charge is 0.379 e. The summed E-state index contributed by atoms with van der Waals surface area (Å²) in [5.41, 5.74) is 2.96. The Morgan fingerprint density at radius 3 is 2.47 bits per heavy atom. The van der Waals surface area contributed by atoms with Gasteiger partial charge < -0.3 is 15.0 Å². The molecule has 1 N–H and O–H groups in total. The molecule has 0 aromatic heterocycles. The minimum atomic E-state index is 0.257. The van der Waals surface area contributed by atoms with Crippen molar-refractivity contribution in [3.63, 3.8) is 0 Å². The lowest BCUT2D eigenvalue weighted by molar-refractivity contribution is -0.0679. The van der Waals surface area contributed by atoms with Crippen LogP contribution in [-0.2, 0) is 10.2 Å². The number of benzene rings is 1. The van der Waals surface area contributed by atoms with Crippen LogP contribution in [0.1, 0.15) is 24.8 Å². The summed E-state index contributed by atoms with van der Waals surface area (Å²) >= 11 is 0. The maximum absolute atomic E-state index is 5.54. The molecule has 0 bridgehead atoms. The predicted octanol–water partition coefficient (Wildman–Crippen LogP) is 2.16. The molecule has 104 valence electrons. The van der Waals surface area contributed by atoms with Crippen LogP contribution < -0.4 is 10.2 Å². The standard InChI is InChI=1S/C16H24N2O/c1-18(2)15-7-5-13(6-8-15)16(11-19-12-16)10-14-4-3-9-17-14/h5-8,14,17H,3-4,9-12H2,1-2H3. The highest BCUT2D eigenvalue weighted by molar-refractivity contribution is 5.47. The van der Waals surface area contributed by atoms with Crippen molar-refractivity contribution in [2.24, 2.45) is 0 Å². The molecule has 0 radical (unpaired) electrons. The molecule has 0 spiro atoms. The number of hydrogen-bond donors (Lipinski definition) is 1. The third kappa shape index (κ3) is 2.49. The van der Waals surface area contributed by atoms with Crippen molar-refractivity contribution in [1.82, 2.24) is 5.32 Å². The van der Waals surface area contributed by atoms with Crippen molar-refractivity contribution >= 4 is 5.69 Å². The summed E-state index contributed by atoms with van der Waals surface area (Å²) in [6.45, 7) is 2.94. The Kier molecular flexibility index (Phi) is 3.50. The van der Waals surface area contributed by atoms with Gasteiger partial charge in [0.25, 0.3) is 0 Å². The second-order valence-electron chi connectivity index (χ2n) is 6.21. The molecule has 3 nitrogen and oxygen atoms in total. The summed E-state index contributed by atoms with van der Waals surface area (Å²) in [5, 5.41) is 3.62. The molecule has 0 amide bonds. The number of hydrogen-bond acceptors (Lipinski definition) is 3. The average Bonchev–Trinajstić information content (AvgIpc) is 2.87. The molecule has 1 aromatic rings. The van der Waals surface area contributed by atoms with Gasteiger partial charge in [-0.25, -0.2) is 0 Å². The summed E-state index contributed by atoms with van der Waals surface area (Å²) in [5.74, 6) is 0. The van der Waals surface area contributed by atoms with Gasteiger partial charge in [-0.3, -0.25) is 0 Å². The molecule has 2 heterocycles. The first-order valence-electron chi connectivity index (χ1n) is 7.29. The van der Waals surface area contributed by atoms with Gasteiger partial charge in [0.05, 0.1) is 13.2 Å². The molecule has 19 heavy (non-hydrogen) atoms. The molecule has 2 saturated heterocycles. The van der Waals surface area contributed by atoms with Crippen molar-refractivity contribution in [3.05, 3.63) is 29.8 Å². The van der Waals surface area contributed by atoms with E-state index in [4.69, 9.17) is 4.74 Å². The quantitative estimate of drug-likeness (QED) is 0.898. The Hall–Kier alpha value is -1.06. The van der Waals surface area contributed by atoms with Gasteiger partial charge in [-0.1, -0.05) is 12.1 Å². The SMILES string of the molecule is CN(C)c1ccc(C2(CC3CCCN3)COC2)cc1. The van der Waals surface area contributed by atoms with E-state index in [1.54, 1.807) is 0 Å². The van der Waals surface area contributed by atoms with E-state index < -0.39 is 0 Å². The maximum atomic E-state index is 5.54. The van der Waals surface area contributed by atoms with Gasteiger partial charge in [0.1, 0.15) is 0 Å². The maximum Gasteiger partial charge on any atom is 0.0586 e. The fraction of sp³-hybridized carbons (Fsp3) is 0.625. The Morgan fingerprint density at radius 2 is 2.00 bits per heavy atom. The van der Waals surface area contributed by atoms with Crippen molar-refractivity contribution in [2.75, 3.05) is 38.8 Å². The Balaban J connectivity index is 1.76. The molecule has 2 aliphatic heterocycles. The summed E-state index contributed by atoms with van der Waals surface area (Å²) in [6, 6.07) is 9.69. The fourth-order valence-electron chi connectivity index (χ4n) is 3.27. The van der Waals surface area contributed by atoms with Crippen LogP contribution in [0.25, 0.3) is 0 Å². The number of nitrogens with zero attached hydrogens (tertiary/aromatic N) is 1. The molecule has 0 saturated carbocycles. The van der Waals surface area contributed by atoms with E-state index in [0.717, 1.165) is 13.2 Å². The summed E-state index contributed by atoms with van der Waals surface area (Å²) in [4.78, 5) is 2.15. The van der Waals surface area contributed by atoms with Crippen molar-refractivity contribution in [1.29, 1.82) is 0 Å². The van der Waals surface area contributed by atoms with Gasteiger partial charge in [-0.05, 0) is 43.5 Å². The smallest absolute Gasteiger partial charge is 0.0586 e. The zero-order valence-corrected chi connectivity index (χ0v) is 12.0. The predicted molar refractivity (Wildman–Crippen MR) is 78.9 cm³/mol. The van der Waals surface area contributed by atoms with Crippen LogP contribution >= 0.6 is 0 Å². The van der Waals surface area contributed by atoms with Gasteiger partial charge in [0.2, 0.25) is 0 Å². The lowest BCUT2D eigenvalue weighted by Gasteiger charge is -2.43. The molecule has 3 rings (SSSR count). The fourth-order valence-corrected chi connectivity index (χ4v) is 3.27. The molecule has 1 atom stereocenters. The number of rotatable bonds is 4. The van der Waals surface area contributed by atoms with Crippen molar-refractivity contribution in [2.45, 2.75) is 30.7 Å². The monoisotopic (exact) mass is 260 g/mol. The normalized spacial score (nSPS) is 25.1. The van der Waals surface area contributed by atoms with Crippen molar-refractivity contribution < 1.29 is 4.74 Å². The van der Waals surface area contributed by atoms with E-state index in [1.807, 2.05) is 0 Å². The lowest BCUT2D eigenvalue weighted by atomic mass is 9.73. The first-order valence-corrected chi connectivity index (χ1v) is 7.29. The summed E-state index contributed by atoms with van der Waals surface area (Å²) < 4.78 is 5.54. The third-order valence-corrected chi connectivity index (χ3v) is 4.55. The highest BCUT2D eigenvalue weighted by Gasteiger charge is 2.42. The molecular weight excluding hydrogens is 236 g/mol. The van der Waals surface area contributed by atoms with E-state index in [9.17, 15) is 0 Å². The first kappa shape index (κ1) is 12.9. The zero-order chi connectivity index (χ0) is 13.3. The second kappa shape index (κ2) is 5.14. The van der Waals surface area contributed by atoms with Crippen molar-refractivity contribution in [3.8, 4) is 0 Å². The lowest BCUT2D eigenvalue weighted by Crippen LogP contribution is -2.50. The zero-order valence-electron chi connectivity index (χ0n) is 12.0. The molecule has 3 heteroatoms. The third-order valence-electron chi connectivity index (χ3n) is 4.55. The van der Waals surface area contributed by atoms with E-state index >= 15 is 0 Å². The van der Waals surface area contributed by atoms with E-state index in [1.165, 1.54) is 37.1 Å². The number of ether oxygens (including phenoxy) is 1. The average molecular weight is 260 g/mol. The van der Waals surface area contributed by atoms with Crippen LogP contribution in [0.15, 0.2) is 24.3 Å². The number of anilines is 1. The molecule has 2 fully saturated rings. The first-order chi connectivity index (χ1) is 9.20. The van der Waals surface area contributed by atoms with E-state index in [-0.39, 0.29) is 5.41 Å². The van der Waals surface area contributed by atoms with Crippen LogP contribution in [0.2, 0.25) is 0 Å². The Bertz CT molecular complexity index is 417. The van der Waals surface area contributed by atoms with Gasteiger partial charge in [-0.2, -0.15) is 0 Å². The van der Waals surface area contributed by atoms with Gasteiger partial charge in [-0.15, -0.1) is 0 Å². The number of nitrogens with one attached hydrogen (secondary N) is 1. The minimum Gasteiger partial charge on any atom is -0.379 e. The van der Waals surface area contributed by atoms with Gasteiger partial charge in [0.15, 0.2) is 0 Å². The Labute approximate surface area is 115 Å². The van der Waals surface area contributed by atoms with E-state index in [0.29, 0.717) is 6.04 Å². The summed E-state index contributed by atoms with van der Waals surface area (Å²) in [6.07, 6.45) is 3.85. The highest BCUT2D eigenvalue weighted by atomic mass is 16.5. The molecule has 2 aliphatic rings. The molecule has 1 unspecified atom stereocenters. The minimum absolute atomic E-state index is 0.257. The topological polar surface area (TPSA) is 24.5 Å². The highest BCUT2D eigenvalue weighted by Crippen LogP contribution is 2.38. The van der Waals surface area contributed by atoms with Gasteiger partial charge in [0, 0.05) is 31.2 Å². The summed E-state index contributed by atoms with van der Waals surface area (Å²) in [7, 11) is 4.17. The van der Waals surface area contributed by atoms with Crippen LogP contribution in [-0.4, -0.2) is 39.9 Å².